The van der Waals surface area contributed by atoms with E-state index >= 15 is 0 Å². The topological polar surface area (TPSA) is 61.4 Å². The first kappa shape index (κ1) is 16.3. The molecule has 0 radical (unpaired) electrons. The van der Waals surface area contributed by atoms with E-state index in [0.717, 1.165) is 31.6 Å². The molecule has 1 rings (SSSR count). The summed E-state index contributed by atoms with van der Waals surface area (Å²) in [4.78, 5) is 25.6. The number of likely N-dealkylation sites (N-methyl/N-ethyl adjacent to an activating group) is 1. The van der Waals surface area contributed by atoms with Crippen LogP contribution in [0.15, 0.2) is 0 Å². The molecule has 2 amide bonds. The lowest BCUT2D eigenvalue weighted by Crippen LogP contribution is -2.46. The van der Waals surface area contributed by atoms with Gasteiger partial charge in [0, 0.05) is 6.04 Å². The number of hydrogen-bond acceptors (Lipinski definition) is 4. The predicted octanol–water partition coefficient (Wildman–Crippen LogP) is 0.455. The maximum Gasteiger partial charge on any atom is 0.239 e. The molecule has 110 valence electrons. The zero-order valence-corrected chi connectivity index (χ0v) is 12.9. The molecule has 0 aromatic heterocycles. The van der Waals surface area contributed by atoms with Gasteiger partial charge in [-0.15, -0.1) is 0 Å². The van der Waals surface area contributed by atoms with Gasteiger partial charge in [-0.05, 0) is 51.8 Å². The monoisotopic (exact) mass is 287 g/mol. The Kier molecular flexibility index (Phi) is 7.23. The van der Waals surface area contributed by atoms with Crippen molar-refractivity contribution in [1.29, 1.82) is 0 Å². The fourth-order valence-corrected chi connectivity index (χ4v) is 2.81. The minimum absolute atomic E-state index is 0.0353. The smallest absolute Gasteiger partial charge is 0.239 e. The van der Waals surface area contributed by atoms with Crippen molar-refractivity contribution in [2.24, 2.45) is 0 Å². The molecule has 0 aromatic rings. The molecule has 1 aliphatic rings. The highest BCUT2D eigenvalue weighted by molar-refractivity contribution is 7.98. The third kappa shape index (κ3) is 5.82. The van der Waals surface area contributed by atoms with Crippen molar-refractivity contribution in [3.63, 3.8) is 0 Å². The van der Waals surface area contributed by atoms with Gasteiger partial charge in [0.15, 0.2) is 0 Å². The molecule has 0 saturated carbocycles. The van der Waals surface area contributed by atoms with Crippen molar-refractivity contribution < 1.29 is 9.59 Å². The molecule has 1 aliphatic heterocycles. The number of thioether (sulfide) groups is 1. The van der Waals surface area contributed by atoms with E-state index in [1.54, 1.807) is 11.8 Å². The molecule has 19 heavy (non-hydrogen) atoms. The lowest BCUT2D eigenvalue weighted by molar-refractivity contribution is -0.128. The first-order valence-corrected chi connectivity index (χ1v) is 8.20. The molecule has 6 heteroatoms. The lowest BCUT2D eigenvalue weighted by atomic mass is 10.2. The molecule has 1 saturated heterocycles. The van der Waals surface area contributed by atoms with E-state index in [1.807, 2.05) is 25.1 Å². The van der Waals surface area contributed by atoms with Gasteiger partial charge in [0.25, 0.3) is 0 Å². The fraction of sp³-hybridized carbons (Fsp3) is 0.846. The number of nitrogens with zero attached hydrogens (tertiary/aromatic N) is 1. The SMILES string of the molecule is CSCCC(C)NC(=O)CNC(=O)C1CCCN1C. The van der Waals surface area contributed by atoms with Crippen LogP contribution in [0, 0.1) is 0 Å². The maximum atomic E-state index is 11.9. The van der Waals surface area contributed by atoms with Crippen LogP contribution < -0.4 is 10.6 Å². The normalized spacial score (nSPS) is 21.1. The van der Waals surface area contributed by atoms with Crippen LogP contribution in [-0.2, 0) is 9.59 Å². The second kappa shape index (κ2) is 8.43. The molecule has 0 spiro atoms. The molecule has 5 nitrogen and oxygen atoms in total. The summed E-state index contributed by atoms with van der Waals surface area (Å²) < 4.78 is 0. The molecule has 0 aromatic carbocycles. The van der Waals surface area contributed by atoms with Crippen molar-refractivity contribution in [2.75, 3.05) is 32.1 Å². The Labute approximate surface area is 119 Å². The lowest BCUT2D eigenvalue weighted by Gasteiger charge is -2.19. The van der Waals surface area contributed by atoms with Crippen LogP contribution in [0.5, 0.6) is 0 Å². The van der Waals surface area contributed by atoms with Crippen molar-refractivity contribution >= 4 is 23.6 Å². The molecule has 1 fully saturated rings. The minimum Gasteiger partial charge on any atom is -0.352 e. The molecule has 2 unspecified atom stereocenters. The summed E-state index contributed by atoms with van der Waals surface area (Å²) in [6.07, 6.45) is 4.93. The summed E-state index contributed by atoms with van der Waals surface area (Å²) in [5, 5.41) is 5.61. The van der Waals surface area contributed by atoms with Gasteiger partial charge in [-0.1, -0.05) is 0 Å². The van der Waals surface area contributed by atoms with Crippen LogP contribution in [0.25, 0.3) is 0 Å². The second-order valence-electron chi connectivity index (χ2n) is 5.11. The highest BCUT2D eigenvalue weighted by Gasteiger charge is 2.27. The molecule has 0 aliphatic carbocycles. The summed E-state index contributed by atoms with van der Waals surface area (Å²) >= 11 is 1.77. The number of rotatable bonds is 7. The average Bonchev–Trinajstić information content (AvgIpc) is 2.79. The van der Waals surface area contributed by atoms with Crippen LogP contribution in [0.1, 0.15) is 26.2 Å². The Morgan fingerprint density at radius 3 is 2.79 bits per heavy atom. The predicted molar refractivity (Wildman–Crippen MR) is 79.3 cm³/mol. The van der Waals surface area contributed by atoms with Crippen LogP contribution in [0.3, 0.4) is 0 Å². The van der Waals surface area contributed by atoms with Gasteiger partial charge in [0.2, 0.25) is 11.8 Å². The number of carbonyl (C=O) groups excluding carboxylic acids is 2. The molecule has 1 heterocycles. The highest BCUT2D eigenvalue weighted by atomic mass is 32.2. The standard InChI is InChI=1S/C13H25N3O2S/c1-10(6-8-19-3)15-12(17)9-14-13(18)11-5-4-7-16(11)2/h10-11H,4-9H2,1-3H3,(H,14,18)(H,15,17). The summed E-state index contributed by atoms with van der Waals surface area (Å²) in [5.41, 5.74) is 0. The van der Waals surface area contributed by atoms with E-state index in [-0.39, 0.29) is 30.4 Å². The van der Waals surface area contributed by atoms with Gasteiger partial charge in [0.05, 0.1) is 12.6 Å². The average molecular weight is 287 g/mol. The molecular formula is C13H25N3O2S. The Morgan fingerprint density at radius 2 is 2.21 bits per heavy atom. The van der Waals surface area contributed by atoms with Crippen LogP contribution in [0.2, 0.25) is 0 Å². The third-order valence-electron chi connectivity index (χ3n) is 3.41. The third-order valence-corrected chi connectivity index (χ3v) is 4.05. The summed E-state index contributed by atoms with van der Waals surface area (Å²) in [6.45, 7) is 3.02. The van der Waals surface area contributed by atoms with E-state index in [2.05, 4.69) is 10.6 Å². The van der Waals surface area contributed by atoms with Crippen molar-refractivity contribution in [3.05, 3.63) is 0 Å². The van der Waals surface area contributed by atoms with Gasteiger partial charge in [-0.25, -0.2) is 0 Å². The van der Waals surface area contributed by atoms with Crippen LogP contribution in [-0.4, -0.2) is 60.9 Å². The number of likely N-dealkylation sites (tertiary alicyclic amines) is 1. The van der Waals surface area contributed by atoms with Gasteiger partial charge in [-0.3, -0.25) is 14.5 Å². The van der Waals surface area contributed by atoms with Crippen molar-refractivity contribution in [2.45, 2.75) is 38.3 Å². The minimum atomic E-state index is -0.109. The first-order valence-electron chi connectivity index (χ1n) is 6.81. The van der Waals surface area contributed by atoms with E-state index in [0.29, 0.717) is 0 Å². The molecule has 2 N–H and O–H groups in total. The molecule has 0 bridgehead atoms. The van der Waals surface area contributed by atoms with E-state index in [9.17, 15) is 9.59 Å². The number of nitrogens with one attached hydrogen (secondary N) is 2. The quantitative estimate of drug-likeness (QED) is 0.714. The molecule has 2 atom stereocenters. The van der Waals surface area contributed by atoms with E-state index in [4.69, 9.17) is 0 Å². The van der Waals surface area contributed by atoms with Gasteiger partial charge in [-0.2, -0.15) is 11.8 Å². The molecular weight excluding hydrogens is 262 g/mol. The second-order valence-corrected chi connectivity index (χ2v) is 6.09. The fourth-order valence-electron chi connectivity index (χ4n) is 2.22. The zero-order valence-electron chi connectivity index (χ0n) is 12.1. The Morgan fingerprint density at radius 1 is 1.47 bits per heavy atom. The Balaban J connectivity index is 2.20. The number of carbonyl (C=O) groups is 2. The van der Waals surface area contributed by atoms with E-state index in [1.165, 1.54) is 0 Å². The van der Waals surface area contributed by atoms with Crippen molar-refractivity contribution in [3.8, 4) is 0 Å². The van der Waals surface area contributed by atoms with Crippen LogP contribution >= 0.6 is 11.8 Å². The zero-order chi connectivity index (χ0) is 14.3. The van der Waals surface area contributed by atoms with Gasteiger partial charge in [0.1, 0.15) is 0 Å². The van der Waals surface area contributed by atoms with Gasteiger partial charge < -0.3 is 10.6 Å². The van der Waals surface area contributed by atoms with Gasteiger partial charge >= 0.3 is 0 Å². The summed E-state index contributed by atoms with van der Waals surface area (Å²) in [6, 6.07) is 0.0905. The largest absolute Gasteiger partial charge is 0.352 e. The summed E-state index contributed by atoms with van der Waals surface area (Å²) in [5.74, 6) is 0.884. The maximum absolute atomic E-state index is 11.9. The van der Waals surface area contributed by atoms with Crippen molar-refractivity contribution in [1.82, 2.24) is 15.5 Å². The Hall–Kier alpha value is -0.750. The summed E-state index contributed by atoms with van der Waals surface area (Å²) in [7, 11) is 1.95. The van der Waals surface area contributed by atoms with Crippen LogP contribution in [0.4, 0.5) is 0 Å². The van der Waals surface area contributed by atoms with E-state index < -0.39 is 0 Å². The highest BCUT2D eigenvalue weighted by Crippen LogP contribution is 2.14. The first-order chi connectivity index (χ1) is 9.04. The number of amides is 2. The Bertz CT molecular complexity index is 312. The number of hydrogen-bond donors (Lipinski definition) is 2.